The van der Waals surface area contributed by atoms with Crippen LogP contribution in [0.5, 0.6) is 11.5 Å². The Hall–Kier alpha value is -1.17. The quantitative estimate of drug-likeness (QED) is 0.718. The van der Waals surface area contributed by atoms with E-state index in [1.54, 1.807) is 18.2 Å². The minimum atomic E-state index is -0.596. The molecule has 1 atom stereocenters. The highest BCUT2D eigenvalue weighted by atomic mass is 35.5. The summed E-state index contributed by atoms with van der Waals surface area (Å²) >= 11 is 18.1. The molecule has 4 nitrogen and oxygen atoms in total. The number of hydrogen-bond donors (Lipinski definition) is 1. The number of rotatable bonds is 5. The Labute approximate surface area is 179 Å². The monoisotopic (exact) mass is 441 g/mol. The van der Waals surface area contributed by atoms with Gasteiger partial charge in [0.15, 0.2) is 0 Å². The van der Waals surface area contributed by atoms with Gasteiger partial charge in [-0.3, -0.25) is 0 Å². The van der Waals surface area contributed by atoms with E-state index >= 15 is 0 Å². The minimum Gasteiger partial charge on any atom is -0.489 e. The molecule has 0 bridgehead atoms. The molecule has 0 saturated carbocycles. The molecule has 0 aromatic heterocycles. The van der Waals surface area contributed by atoms with Crippen LogP contribution in [0.4, 0.5) is 0 Å². The van der Waals surface area contributed by atoms with Gasteiger partial charge in [0.05, 0.1) is 5.02 Å². The lowest BCUT2D eigenvalue weighted by atomic mass is 9.87. The van der Waals surface area contributed by atoms with Gasteiger partial charge in [-0.1, -0.05) is 34.8 Å². The van der Waals surface area contributed by atoms with Gasteiger partial charge in [0.1, 0.15) is 29.8 Å². The number of ether oxygens (including phenoxy) is 2. The van der Waals surface area contributed by atoms with Crippen molar-refractivity contribution in [2.24, 2.45) is 0 Å². The van der Waals surface area contributed by atoms with Crippen molar-refractivity contribution in [3.63, 3.8) is 0 Å². The second-order valence-corrected chi connectivity index (χ2v) is 8.83. The number of benzene rings is 2. The average Bonchev–Trinajstić information content (AvgIpc) is 3.00. The number of likely N-dealkylation sites (tertiary alicyclic amines) is 1. The van der Waals surface area contributed by atoms with Gasteiger partial charge in [0, 0.05) is 48.9 Å². The number of aliphatic hydroxyl groups excluding tert-OH is 1. The highest BCUT2D eigenvalue weighted by Gasteiger charge is 2.42. The summed E-state index contributed by atoms with van der Waals surface area (Å²) in [6.07, 6.45) is 2.16. The Bertz CT molecular complexity index is 853. The predicted octanol–water partition coefficient (Wildman–Crippen LogP) is 4.86. The van der Waals surface area contributed by atoms with Crippen LogP contribution in [-0.2, 0) is 6.42 Å². The van der Waals surface area contributed by atoms with E-state index in [2.05, 4.69) is 4.90 Å². The van der Waals surface area contributed by atoms with Crippen LogP contribution in [0.3, 0.4) is 0 Å². The smallest absolute Gasteiger partial charge is 0.138 e. The van der Waals surface area contributed by atoms with E-state index in [0.29, 0.717) is 22.3 Å². The highest BCUT2D eigenvalue weighted by molar-refractivity contribution is 6.35. The molecule has 2 heterocycles. The number of nitrogens with zero attached hydrogens (tertiary/aromatic N) is 1. The number of halogens is 3. The molecule has 7 heteroatoms. The lowest BCUT2D eigenvalue weighted by molar-refractivity contribution is -0.00195. The first-order valence-electron chi connectivity index (χ1n) is 9.38. The Morgan fingerprint density at radius 1 is 1.07 bits per heavy atom. The van der Waals surface area contributed by atoms with E-state index in [1.807, 2.05) is 18.2 Å². The maximum atomic E-state index is 10.4. The Morgan fingerprint density at radius 2 is 1.79 bits per heavy atom. The lowest BCUT2D eigenvalue weighted by Crippen LogP contribution is -2.49. The molecular weight excluding hydrogens is 421 g/mol. The predicted molar refractivity (Wildman–Crippen MR) is 112 cm³/mol. The third-order valence-corrected chi connectivity index (χ3v) is 6.19. The van der Waals surface area contributed by atoms with Crippen LogP contribution < -0.4 is 9.47 Å². The number of aliphatic hydroxyl groups is 1. The summed E-state index contributed by atoms with van der Waals surface area (Å²) < 4.78 is 11.9. The molecule has 1 N–H and O–H groups in total. The summed E-state index contributed by atoms with van der Waals surface area (Å²) in [7, 11) is 0. The largest absolute Gasteiger partial charge is 0.489 e. The van der Waals surface area contributed by atoms with Crippen molar-refractivity contribution in [2.75, 3.05) is 26.2 Å². The first-order chi connectivity index (χ1) is 13.4. The molecule has 4 rings (SSSR count). The second kappa shape index (κ2) is 8.29. The van der Waals surface area contributed by atoms with E-state index in [1.165, 1.54) is 5.56 Å². The van der Waals surface area contributed by atoms with E-state index in [-0.39, 0.29) is 12.2 Å². The van der Waals surface area contributed by atoms with Gasteiger partial charge in [0.2, 0.25) is 0 Å². The molecular formula is C21H22Cl3NO3. The molecule has 0 aliphatic carbocycles. The van der Waals surface area contributed by atoms with Crippen molar-refractivity contribution in [3.8, 4) is 11.5 Å². The van der Waals surface area contributed by atoms with Gasteiger partial charge in [-0.05, 0) is 42.0 Å². The minimum absolute atomic E-state index is 0.137. The molecule has 1 fully saturated rings. The van der Waals surface area contributed by atoms with Gasteiger partial charge in [-0.25, -0.2) is 0 Å². The Morgan fingerprint density at radius 3 is 2.54 bits per heavy atom. The van der Waals surface area contributed by atoms with Crippen molar-refractivity contribution in [2.45, 2.75) is 31.0 Å². The average molecular weight is 443 g/mol. The zero-order valence-electron chi connectivity index (χ0n) is 15.3. The van der Waals surface area contributed by atoms with Crippen molar-refractivity contribution >= 4 is 34.8 Å². The SMILES string of the molecule is O[C@@H](COc1ccc(Cl)cc1Cl)CN1CCC2(CC1)Cc1cc(Cl)ccc1O2. The number of β-amino-alcohol motifs (C(OH)–C–C–N with tert-alkyl or cyclic N) is 1. The molecule has 1 saturated heterocycles. The molecule has 2 aliphatic heterocycles. The van der Waals surface area contributed by atoms with Gasteiger partial charge in [0.25, 0.3) is 0 Å². The van der Waals surface area contributed by atoms with Crippen molar-refractivity contribution in [1.29, 1.82) is 0 Å². The topological polar surface area (TPSA) is 41.9 Å². The zero-order valence-corrected chi connectivity index (χ0v) is 17.6. The maximum Gasteiger partial charge on any atom is 0.138 e. The van der Waals surface area contributed by atoms with Crippen molar-refractivity contribution in [1.82, 2.24) is 4.90 Å². The summed E-state index contributed by atoms with van der Waals surface area (Å²) in [6.45, 7) is 2.49. The normalized spacial score (nSPS) is 19.3. The van der Waals surface area contributed by atoms with Crippen LogP contribution in [0, 0.1) is 0 Å². The molecule has 2 aromatic rings. The fourth-order valence-corrected chi connectivity index (χ4v) is 4.61. The van der Waals surface area contributed by atoms with Crippen LogP contribution >= 0.6 is 34.8 Å². The number of hydrogen-bond acceptors (Lipinski definition) is 4. The fraction of sp³-hybridized carbons (Fsp3) is 0.429. The summed E-state index contributed by atoms with van der Waals surface area (Å²) in [5.74, 6) is 1.48. The van der Waals surface area contributed by atoms with Crippen molar-refractivity contribution in [3.05, 3.63) is 57.0 Å². The number of fused-ring (bicyclic) bond motifs is 1. The van der Waals surface area contributed by atoms with E-state index in [0.717, 1.165) is 43.1 Å². The Kier molecular flexibility index (Phi) is 5.96. The first kappa shape index (κ1) is 20.1. The third-order valence-electron chi connectivity index (χ3n) is 5.42. The molecule has 0 unspecified atom stereocenters. The summed E-state index contributed by atoms with van der Waals surface area (Å²) in [4.78, 5) is 2.25. The molecule has 2 aromatic carbocycles. The van der Waals surface area contributed by atoms with Gasteiger partial charge in [-0.15, -0.1) is 0 Å². The summed E-state index contributed by atoms with van der Waals surface area (Å²) in [5, 5.41) is 12.1. The van der Waals surface area contributed by atoms with E-state index < -0.39 is 6.10 Å². The van der Waals surface area contributed by atoms with Gasteiger partial charge < -0.3 is 19.5 Å². The molecule has 150 valence electrons. The molecule has 28 heavy (non-hydrogen) atoms. The molecule has 1 spiro atoms. The number of piperidine rings is 1. The highest BCUT2D eigenvalue weighted by Crippen LogP contribution is 2.42. The standard InChI is InChI=1S/C21H22Cl3NO3/c22-15-1-3-19-14(9-15)11-21(28-19)5-7-25(8-6-21)12-17(26)13-27-20-4-2-16(23)10-18(20)24/h1-4,9-10,17,26H,5-8,11-13H2/t17-/m1/s1. The first-order valence-corrected chi connectivity index (χ1v) is 10.5. The lowest BCUT2D eigenvalue weighted by Gasteiger charge is -2.39. The van der Waals surface area contributed by atoms with E-state index in [4.69, 9.17) is 44.3 Å². The zero-order chi connectivity index (χ0) is 19.7. The molecule has 0 amide bonds. The molecule has 0 radical (unpaired) electrons. The van der Waals surface area contributed by atoms with E-state index in [9.17, 15) is 5.11 Å². The summed E-state index contributed by atoms with van der Waals surface area (Å²) in [5.41, 5.74) is 1.05. The van der Waals surface area contributed by atoms with Crippen LogP contribution in [0.25, 0.3) is 0 Å². The maximum absolute atomic E-state index is 10.4. The van der Waals surface area contributed by atoms with Gasteiger partial charge in [-0.2, -0.15) is 0 Å². The van der Waals surface area contributed by atoms with Crippen LogP contribution in [0.1, 0.15) is 18.4 Å². The van der Waals surface area contributed by atoms with Crippen LogP contribution in [-0.4, -0.2) is 48.0 Å². The van der Waals surface area contributed by atoms with Crippen LogP contribution in [0.2, 0.25) is 15.1 Å². The second-order valence-electron chi connectivity index (χ2n) is 7.55. The Balaban J connectivity index is 1.25. The van der Waals surface area contributed by atoms with Gasteiger partial charge >= 0.3 is 0 Å². The third kappa shape index (κ3) is 4.52. The van der Waals surface area contributed by atoms with Crippen LogP contribution in [0.15, 0.2) is 36.4 Å². The fourth-order valence-electron chi connectivity index (χ4n) is 3.95. The summed E-state index contributed by atoms with van der Waals surface area (Å²) in [6, 6.07) is 10.9. The molecule has 2 aliphatic rings. The van der Waals surface area contributed by atoms with Crippen molar-refractivity contribution < 1.29 is 14.6 Å².